The van der Waals surface area contributed by atoms with Gasteiger partial charge in [-0.3, -0.25) is 14.6 Å². The van der Waals surface area contributed by atoms with Gasteiger partial charge in [0.25, 0.3) is 5.56 Å². The number of aromatic nitrogens is 3. The van der Waals surface area contributed by atoms with Gasteiger partial charge in [0.05, 0.1) is 18.4 Å². The van der Waals surface area contributed by atoms with E-state index in [1.54, 1.807) is 18.6 Å². The maximum Gasteiger partial charge on any atom is 0.287 e. The van der Waals surface area contributed by atoms with Crippen molar-refractivity contribution in [1.29, 1.82) is 0 Å². The molecule has 8 heteroatoms. The number of piperidine rings is 1. The van der Waals surface area contributed by atoms with Crippen molar-refractivity contribution in [3.8, 4) is 0 Å². The summed E-state index contributed by atoms with van der Waals surface area (Å²) in [4.78, 5) is 31.3. The maximum atomic E-state index is 12.7. The third kappa shape index (κ3) is 5.11. The molecule has 1 amide bonds. The van der Waals surface area contributed by atoms with E-state index in [0.29, 0.717) is 44.7 Å². The van der Waals surface area contributed by atoms with Gasteiger partial charge >= 0.3 is 0 Å². The molecule has 0 bridgehead atoms. The van der Waals surface area contributed by atoms with Crippen molar-refractivity contribution in [3.63, 3.8) is 0 Å². The Kier molecular flexibility index (Phi) is 6.62. The Morgan fingerprint density at radius 3 is 2.52 bits per heavy atom. The Labute approximate surface area is 185 Å². The normalized spacial score (nSPS) is 14.4. The molecule has 0 spiro atoms. The number of carbonyl (C=O) groups is 1. The lowest BCUT2D eigenvalue weighted by atomic mass is 9.95. The molecule has 2 aromatic heterocycles. The van der Waals surface area contributed by atoms with Crippen LogP contribution < -0.4 is 15.8 Å². The van der Waals surface area contributed by atoms with Gasteiger partial charge in [-0.1, -0.05) is 48.0 Å². The van der Waals surface area contributed by atoms with E-state index in [0.717, 1.165) is 11.1 Å². The second-order valence-corrected chi connectivity index (χ2v) is 8.01. The maximum absolute atomic E-state index is 12.7. The molecule has 0 atom stereocenters. The average Bonchev–Trinajstić information content (AvgIpc) is 2.82. The van der Waals surface area contributed by atoms with Crippen molar-refractivity contribution in [2.24, 2.45) is 5.92 Å². The summed E-state index contributed by atoms with van der Waals surface area (Å²) in [6.07, 6.45) is 6.50. The van der Waals surface area contributed by atoms with E-state index in [2.05, 4.69) is 15.4 Å². The van der Waals surface area contributed by atoms with Crippen LogP contribution in [-0.4, -0.2) is 33.8 Å². The molecule has 1 aromatic carbocycles. The number of pyridine rings is 1. The molecular weight excluding hydrogens is 414 g/mol. The molecule has 0 saturated carbocycles. The van der Waals surface area contributed by atoms with Gasteiger partial charge in [0, 0.05) is 37.9 Å². The van der Waals surface area contributed by atoms with Crippen LogP contribution in [0.15, 0.2) is 65.8 Å². The number of nitrogens with zero attached hydrogens (tertiary/aromatic N) is 4. The predicted molar refractivity (Wildman–Crippen MR) is 120 cm³/mol. The van der Waals surface area contributed by atoms with Crippen molar-refractivity contribution in [2.45, 2.75) is 25.9 Å². The highest BCUT2D eigenvalue weighted by Gasteiger charge is 2.27. The molecule has 0 radical (unpaired) electrons. The number of rotatable bonds is 6. The summed E-state index contributed by atoms with van der Waals surface area (Å²) in [5.41, 5.74) is 2.28. The minimum atomic E-state index is -0.306. The highest BCUT2D eigenvalue weighted by molar-refractivity contribution is 6.33. The Morgan fingerprint density at radius 2 is 1.81 bits per heavy atom. The molecular formula is C23H24ClN5O2. The van der Waals surface area contributed by atoms with E-state index in [1.165, 1.54) is 4.68 Å². The van der Waals surface area contributed by atoms with Gasteiger partial charge in [-0.05, 0) is 30.0 Å². The Hall–Kier alpha value is -3.19. The number of hydrogen-bond donors (Lipinski definition) is 1. The van der Waals surface area contributed by atoms with Crippen LogP contribution in [0.4, 0.5) is 5.69 Å². The van der Waals surface area contributed by atoms with Crippen LogP contribution in [0, 0.1) is 5.92 Å². The number of nitrogens with one attached hydrogen (secondary N) is 1. The first kappa shape index (κ1) is 21.1. The summed E-state index contributed by atoms with van der Waals surface area (Å²) in [6, 6.07) is 13.5. The highest BCUT2D eigenvalue weighted by Crippen LogP contribution is 2.27. The number of hydrogen-bond acceptors (Lipinski definition) is 5. The predicted octanol–water partition coefficient (Wildman–Crippen LogP) is 2.87. The van der Waals surface area contributed by atoms with E-state index in [4.69, 9.17) is 11.6 Å². The average molecular weight is 438 g/mol. The Balaban J connectivity index is 1.35. The topological polar surface area (TPSA) is 80.1 Å². The number of carbonyl (C=O) groups excluding carboxylic acids is 1. The third-order valence-corrected chi connectivity index (χ3v) is 5.89. The van der Waals surface area contributed by atoms with Gasteiger partial charge < -0.3 is 10.2 Å². The van der Waals surface area contributed by atoms with E-state index in [9.17, 15) is 9.59 Å². The van der Waals surface area contributed by atoms with Gasteiger partial charge in [-0.2, -0.15) is 5.10 Å². The second-order valence-electron chi connectivity index (χ2n) is 7.63. The number of benzene rings is 1. The summed E-state index contributed by atoms with van der Waals surface area (Å²) in [5, 5.41) is 7.48. The zero-order valence-electron chi connectivity index (χ0n) is 17.1. The molecule has 1 aliphatic rings. The molecule has 4 rings (SSSR count). The molecule has 1 N–H and O–H groups in total. The van der Waals surface area contributed by atoms with Crippen molar-refractivity contribution in [3.05, 3.63) is 87.6 Å². The van der Waals surface area contributed by atoms with Gasteiger partial charge in [-0.25, -0.2) is 4.68 Å². The van der Waals surface area contributed by atoms with Crippen LogP contribution in [-0.2, 0) is 17.9 Å². The fraction of sp³-hybridized carbons (Fsp3) is 0.304. The minimum Gasteiger partial charge on any atom is -0.369 e. The largest absolute Gasteiger partial charge is 0.369 e. The number of halogens is 1. The van der Waals surface area contributed by atoms with Crippen molar-refractivity contribution in [1.82, 2.24) is 20.1 Å². The zero-order chi connectivity index (χ0) is 21.6. The van der Waals surface area contributed by atoms with Crippen LogP contribution in [0.3, 0.4) is 0 Å². The monoisotopic (exact) mass is 437 g/mol. The minimum absolute atomic E-state index is 0.0472. The molecule has 3 aromatic rings. The lowest BCUT2D eigenvalue weighted by Gasteiger charge is -2.33. The van der Waals surface area contributed by atoms with Gasteiger partial charge in [-0.15, -0.1) is 0 Å². The van der Waals surface area contributed by atoms with Crippen molar-refractivity contribution in [2.75, 3.05) is 18.0 Å². The van der Waals surface area contributed by atoms with Crippen LogP contribution in [0.25, 0.3) is 0 Å². The molecule has 1 fully saturated rings. The van der Waals surface area contributed by atoms with Gasteiger partial charge in [0.15, 0.2) is 0 Å². The van der Waals surface area contributed by atoms with Crippen LogP contribution in [0.5, 0.6) is 0 Å². The molecule has 1 saturated heterocycles. The summed E-state index contributed by atoms with van der Waals surface area (Å²) in [7, 11) is 0. The molecule has 0 unspecified atom stereocenters. The molecule has 7 nitrogen and oxygen atoms in total. The molecule has 3 heterocycles. The highest BCUT2D eigenvalue weighted by atomic mass is 35.5. The first-order chi connectivity index (χ1) is 15.1. The van der Waals surface area contributed by atoms with Gasteiger partial charge in [0.1, 0.15) is 5.02 Å². The van der Waals surface area contributed by atoms with Crippen molar-refractivity contribution < 1.29 is 4.79 Å². The summed E-state index contributed by atoms with van der Waals surface area (Å²) < 4.78 is 1.37. The molecule has 31 heavy (non-hydrogen) atoms. The molecule has 160 valence electrons. The molecule has 1 aliphatic heterocycles. The summed E-state index contributed by atoms with van der Waals surface area (Å²) in [6.45, 7) is 2.14. The van der Waals surface area contributed by atoms with Crippen LogP contribution >= 0.6 is 11.6 Å². The van der Waals surface area contributed by atoms with Crippen molar-refractivity contribution >= 4 is 23.2 Å². The van der Waals surface area contributed by atoms with Crippen LogP contribution in [0.2, 0.25) is 5.02 Å². The number of anilines is 1. The van der Waals surface area contributed by atoms with Gasteiger partial charge in [0.2, 0.25) is 5.91 Å². The van der Waals surface area contributed by atoms with E-state index in [-0.39, 0.29) is 22.4 Å². The van der Waals surface area contributed by atoms with E-state index >= 15 is 0 Å². The zero-order valence-corrected chi connectivity index (χ0v) is 17.8. The van der Waals surface area contributed by atoms with Crippen LogP contribution in [0.1, 0.15) is 24.0 Å². The Morgan fingerprint density at radius 1 is 1.06 bits per heavy atom. The first-order valence-electron chi connectivity index (χ1n) is 10.3. The van der Waals surface area contributed by atoms with E-state index < -0.39 is 0 Å². The number of amides is 1. The smallest absolute Gasteiger partial charge is 0.287 e. The quantitative estimate of drug-likeness (QED) is 0.641. The third-order valence-electron chi connectivity index (χ3n) is 5.54. The standard InChI is InChI=1S/C23H24ClN5O2/c24-21-20(15-27-29(23(21)31)16-17-5-2-1-3-6-17)28-11-8-19(9-12-28)22(30)26-14-18-7-4-10-25-13-18/h1-7,10,13,15,19H,8-9,11-12,14,16H2,(H,26,30). The fourth-order valence-electron chi connectivity index (χ4n) is 3.76. The Bertz CT molecular complexity index is 1080. The molecule has 0 aliphatic carbocycles. The first-order valence-corrected chi connectivity index (χ1v) is 10.7. The van der Waals surface area contributed by atoms with E-state index in [1.807, 2.05) is 47.4 Å². The second kappa shape index (κ2) is 9.75. The fourth-order valence-corrected chi connectivity index (χ4v) is 4.03. The lowest BCUT2D eigenvalue weighted by Crippen LogP contribution is -2.41. The summed E-state index contributed by atoms with van der Waals surface area (Å²) in [5.74, 6) is -0.0101. The SMILES string of the molecule is O=C(NCc1cccnc1)C1CCN(c2cnn(Cc3ccccc3)c(=O)c2Cl)CC1. The summed E-state index contributed by atoms with van der Waals surface area (Å²) >= 11 is 6.41. The lowest BCUT2D eigenvalue weighted by molar-refractivity contribution is -0.125.